The number of rotatable bonds is 4. The van der Waals surface area contributed by atoms with E-state index in [4.69, 9.17) is 5.73 Å². The minimum Gasteiger partial charge on any atom is -0.365 e. The van der Waals surface area contributed by atoms with Gasteiger partial charge in [-0.1, -0.05) is 6.07 Å². The molecule has 2 aromatic rings. The molecule has 0 aliphatic carbocycles. The van der Waals surface area contributed by atoms with Crippen LogP contribution < -0.4 is 11.1 Å². The lowest BCUT2D eigenvalue weighted by atomic mass is 10.2. The van der Waals surface area contributed by atoms with Gasteiger partial charge in [-0.25, -0.2) is 4.98 Å². The maximum atomic E-state index is 12.6. The predicted octanol–water partition coefficient (Wildman–Crippen LogP) is 2.21. The van der Waals surface area contributed by atoms with Crippen LogP contribution >= 0.6 is 0 Å². The molecule has 2 rings (SSSR count). The molecule has 0 fully saturated rings. The van der Waals surface area contributed by atoms with E-state index < -0.39 is 17.8 Å². The monoisotopic (exact) mass is 296 g/mol. The number of nitrogens with one attached hydrogen (secondary N) is 1. The molecule has 0 spiro atoms. The van der Waals surface area contributed by atoms with Crippen LogP contribution in [-0.2, 0) is 12.7 Å². The Balaban J connectivity index is 2.29. The van der Waals surface area contributed by atoms with Crippen LogP contribution in [0.2, 0.25) is 0 Å². The number of pyridine rings is 2. The van der Waals surface area contributed by atoms with Crippen LogP contribution in [0, 0.1) is 0 Å². The summed E-state index contributed by atoms with van der Waals surface area (Å²) in [4.78, 5) is 18.7. The summed E-state index contributed by atoms with van der Waals surface area (Å²) in [5.41, 5.74) is 4.50. The number of hydrogen-bond acceptors (Lipinski definition) is 4. The van der Waals surface area contributed by atoms with Gasteiger partial charge in [0.25, 0.3) is 5.91 Å². The highest BCUT2D eigenvalue weighted by Gasteiger charge is 2.33. The van der Waals surface area contributed by atoms with Gasteiger partial charge in [-0.15, -0.1) is 0 Å². The number of aromatic nitrogens is 2. The number of primary amides is 1. The molecule has 5 nitrogen and oxygen atoms in total. The first-order valence-electron chi connectivity index (χ1n) is 5.90. The second-order valence-electron chi connectivity index (χ2n) is 4.13. The van der Waals surface area contributed by atoms with Crippen molar-refractivity contribution >= 4 is 11.7 Å². The van der Waals surface area contributed by atoms with Crippen LogP contribution in [0.15, 0.2) is 36.5 Å². The number of anilines is 1. The van der Waals surface area contributed by atoms with Crippen LogP contribution in [0.4, 0.5) is 19.0 Å². The Kier molecular flexibility index (Phi) is 4.06. The summed E-state index contributed by atoms with van der Waals surface area (Å²) in [5.74, 6) is -1.08. The van der Waals surface area contributed by atoms with E-state index in [2.05, 4.69) is 15.3 Å². The van der Waals surface area contributed by atoms with Crippen molar-refractivity contribution in [3.05, 3.63) is 53.5 Å². The van der Waals surface area contributed by atoms with E-state index in [1.54, 1.807) is 24.4 Å². The van der Waals surface area contributed by atoms with Crippen molar-refractivity contribution in [1.82, 2.24) is 9.97 Å². The minimum atomic E-state index is -4.60. The van der Waals surface area contributed by atoms with E-state index in [0.29, 0.717) is 11.8 Å². The van der Waals surface area contributed by atoms with Crippen molar-refractivity contribution in [1.29, 1.82) is 0 Å². The highest BCUT2D eigenvalue weighted by molar-refractivity contribution is 5.97. The van der Waals surface area contributed by atoms with Gasteiger partial charge in [0, 0.05) is 6.20 Å². The molecule has 2 aromatic heterocycles. The van der Waals surface area contributed by atoms with Crippen molar-refractivity contribution in [3.63, 3.8) is 0 Å². The van der Waals surface area contributed by atoms with Gasteiger partial charge in [-0.05, 0) is 24.3 Å². The molecule has 0 aliphatic rings. The lowest BCUT2D eigenvalue weighted by molar-refractivity contribution is -0.141. The number of amides is 1. The van der Waals surface area contributed by atoms with Gasteiger partial charge in [0.05, 0.1) is 17.8 Å². The van der Waals surface area contributed by atoms with E-state index in [1.165, 1.54) is 0 Å². The molecule has 0 saturated heterocycles. The summed E-state index contributed by atoms with van der Waals surface area (Å²) in [7, 11) is 0. The van der Waals surface area contributed by atoms with Crippen LogP contribution in [0.1, 0.15) is 21.7 Å². The van der Waals surface area contributed by atoms with Crippen LogP contribution in [0.25, 0.3) is 0 Å². The Morgan fingerprint density at radius 2 is 2.00 bits per heavy atom. The van der Waals surface area contributed by atoms with Crippen molar-refractivity contribution in [2.75, 3.05) is 5.32 Å². The summed E-state index contributed by atoms with van der Waals surface area (Å²) in [6, 6.07) is 6.84. The van der Waals surface area contributed by atoms with Crippen molar-refractivity contribution in [2.24, 2.45) is 5.73 Å². The zero-order valence-corrected chi connectivity index (χ0v) is 10.7. The maximum absolute atomic E-state index is 12.6. The molecule has 0 unspecified atom stereocenters. The molecule has 21 heavy (non-hydrogen) atoms. The molecule has 0 aliphatic heterocycles. The highest BCUT2D eigenvalue weighted by atomic mass is 19.4. The van der Waals surface area contributed by atoms with Crippen LogP contribution in [0.5, 0.6) is 0 Å². The largest absolute Gasteiger partial charge is 0.433 e. The Morgan fingerprint density at radius 3 is 2.57 bits per heavy atom. The standard InChI is InChI=1S/C13H11F3N4O/c14-13(15,16)10-5-4-9(11(17)21)12(20-10)19-7-8-3-1-2-6-18-8/h1-6H,7H2,(H2,17,21)(H,19,20). The second kappa shape index (κ2) is 5.78. The molecule has 0 saturated carbocycles. The number of halogens is 3. The Bertz CT molecular complexity index is 644. The first-order valence-corrected chi connectivity index (χ1v) is 5.90. The lowest BCUT2D eigenvalue weighted by Crippen LogP contribution is -2.18. The molecule has 3 N–H and O–H groups in total. The molecule has 110 valence electrons. The second-order valence-corrected chi connectivity index (χ2v) is 4.13. The summed E-state index contributed by atoms with van der Waals surface area (Å²) in [6.07, 6.45) is -3.05. The van der Waals surface area contributed by atoms with Gasteiger partial charge in [0.1, 0.15) is 11.5 Å². The zero-order chi connectivity index (χ0) is 15.5. The molecule has 0 aromatic carbocycles. The molecule has 0 radical (unpaired) electrons. The molecular formula is C13H11F3N4O. The first kappa shape index (κ1) is 14.8. The van der Waals surface area contributed by atoms with Gasteiger partial charge < -0.3 is 11.1 Å². The average molecular weight is 296 g/mol. The van der Waals surface area contributed by atoms with Gasteiger partial charge in [0.15, 0.2) is 0 Å². The van der Waals surface area contributed by atoms with Gasteiger partial charge in [0.2, 0.25) is 0 Å². The predicted molar refractivity (Wildman–Crippen MR) is 69.3 cm³/mol. The van der Waals surface area contributed by atoms with E-state index in [0.717, 1.165) is 6.07 Å². The number of carbonyl (C=O) groups is 1. The van der Waals surface area contributed by atoms with Crippen LogP contribution in [0.3, 0.4) is 0 Å². The fourth-order valence-electron chi connectivity index (χ4n) is 1.63. The number of alkyl halides is 3. The number of nitrogens with two attached hydrogens (primary N) is 1. The van der Waals surface area contributed by atoms with E-state index in [9.17, 15) is 18.0 Å². The molecule has 1 amide bonds. The average Bonchev–Trinajstić information content (AvgIpc) is 2.45. The van der Waals surface area contributed by atoms with Gasteiger partial charge >= 0.3 is 6.18 Å². The molecule has 2 heterocycles. The number of hydrogen-bond donors (Lipinski definition) is 2. The Labute approximate surface area is 118 Å². The SMILES string of the molecule is NC(=O)c1ccc(C(F)(F)F)nc1NCc1ccccn1. The molecule has 8 heteroatoms. The molecule has 0 bridgehead atoms. The summed E-state index contributed by atoms with van der Waals surface area (Å²) < 4.78 is 37.9. The van der Waals surface area contributed by atoms with Gasteiger partial charge in [-0.3, -0.25) is 9.78 Å². The fourth-order valence-corrected chi connectivity index (χ4v) is 1.63. The lowest BCUT2D eigenvalue weighted by Gasteiger charge is -2.12. The molecular weight excluding hydrogens is 285 g/mol. The van der Waals surface area contributed by atoms with E-state index in [1.807, 2.05) is 0 Å². The van der Waals surface area contributed by atoms with Crippen molar-refractivity contribution in [2.45, 2.75) is 12.7 Å². The van der Waals surface area contributed by atoms with E-state index in [-0.39, 0.29) is 17.9 Å². The number of carbonyl (C=O) groups excluding carboxylic acids is 1. The van der Waals surface area contributed by atoms with Crippen molar-refractivity contribution < 1.29 is 18.0 Å². The normalized spacial score (nSPS) is 11.2. The van der Waals surface area contributed by atoms with Gasteiger partial charge in [-0.2, -0.15) is 13.2 Å². The van der Waals surface area contributed by atoms with E-state index >= 15 is 0 Å². The Morgan fingerprint density at radius 1 is 1.24 bits per heavy atom. The highest BCUT2D eigenvalue weighted by Crippen LogP contribution is 2.29. The third-order valence-electron chi connectivity index (χ3n) is 2.61. The first-order chi connectivity index (χ1) is 9.88. The van der Waals surface area contributed by atoms with Crippen LogP contribution in [-0.4, -0.2) is 15.9 Å². The smallest absolute Gasteiger partial charge is 0.365 e. The minimum absolute atomic E-state index is 0.112. The third kappa shape index (κ3) is 3.68. The molecule has 0 atom stereocenters. The summed E-state index contributed by atoms with van der Waals surface area (Å²) >= 11 is 0. The fraction of sp³-hybridized carbons (Fsp3) is 0.154. The zero-order valence-electron chi connectivity index (χ0n) is 10.7. The third-order valence-corrected chi connectivity index (χ3v) is 2.61. The van der Waals surface area contributed by atoms with Crippen molar-refractivity contribution in [3.8, 4) is 0 Å². The maximum Gasteiger partial charge on any atom is 0.433 e. The topological polar surface area (TPSA) is 80.9 Å². The summed E-state index contributed by atoms with van der Waals surface area (Å²) in [5, 5.41) is 2.65. The summed E-state index contributed by atoms with van der Waals surface area (Å²) in [6.45, 7) is 0.120. The number of nitrogens with zero attached hydrogens (tertiary/aromatic N) is 2. The quantitative estimate of drug-likeness (QED) is 0.906. The Hall–Kier alpha value is -2.64.